The third-order valence-electron chi connectivity index (χ3n) is 2.59. The van der Waals surface area contributed by atoms with Gasteiger partial charge in [-0.25, -0.2) is 0 Å². The molecule has 2 rings (SSSR count). The molecular formula is C11H16N2OS. The molecule has 1 fully saturated rings. The predicted octanol–water partition coefficient (Wildman–Crippen LogP) is 2.24. The molecule has 1 saturated heterocycles. The molecular weight excluding hydrogens is 208 g/mol. The normalized spacial score (nSPS) is 20.7. The summed E-state index contributed by atoms with van der Waals surface area (Å²) in [6.07, 6.45) is 4.57. The van der Waals surface area contributed by atoms with Gasteiger partial charge in [0.05, 0.1) is 12.6 Å². The Labute approximate surface area is 93.5 Å². The fourth-order valence-corrected chi connectivity index (χ4v) is 2.54. The fourth-order valence-electron chi connectivity index (χ4n) is 1.73. The fraction of sp³-hybridized carbons (Fsp3) is 0.545. The van der Waals surface area contributed by atoms with Crippen molar-refractivity contribution < 1.29 is 4.74 Å². The van der Waals surface area contributed by atoms with E-state index in [1.807, 2.05) is 17.7 Å². The van der Waals surface area contributed by atoms with Crippen molar-refractivity contribution in [1.29, 1.82) is 5.41 Å². The summed E-state index contributed by atoms with van der Waals surface area (Å²) in [7, 11) is 0. The van der Waals surface area contributed by atoms with Crippen LogP contribution in [0.15, 0.2) is 12.8 Å². The lowest BCUT2D eigenvalue weighted by Gasteiger charge is -2.09. The molecule has 1 N–H and O–H groups in total. The molecule has 82 valence electrons. The van der Waals surface area contributed by atoms with Crippen LogP contribution >= 0.6 is 11.3 Å². The lowest BCUT2D eigenvalue weighted by atomic mass is 10.2. The van der Waals surface area contributed by atoms with E-state index in [4.69, 9.17) is 10.1 Å². The van der Waals surface area contributed by atoms with Crippen LogP contribution in [0.5, 0.6) is 0 Å². The van der Waals surface area contributed by atoms with Crippen molar-refractivity contribution in [3.63, 3.8) is 0 Å². The Balaban J connectivity index is 2.13. The van der Waals surface area contributed by atoms with E-state index >= 15 is 0 Å². The van der Waals surface area contributed by atoms with Crippen LogP contribution in [0.1, 0.15) is 24.6 Å². The molecule has 15 heavy (non-hydrogen) atoms. The van der Waals surface area contributed by atoms with E-state index in [1.54, 1.807) is 0 Å². The maximum absolute atomic E-state index is 7.83. The molecule has 0 spiro atoms. The van der Waals surface area contributed by atoms with Crippen LogP contribution in [-0.4, -0.2) is 17.3 Å². The van der Waals surface area contributed by atoms with Crippen molar-refractivity contribution in [3.05, 3.63) is 22.5 Å². The number of ether oxygens (including phenoxy) is 1. The Hall–Kier alpha value is -0.870. The summed E-state index contributed by atoms with van der Waals surface area (Å²) in [5.74, 6) is 0. The van der Waals surface area contributed by atoms with E-state index in [0.29, 0.717) is 10.9 Å². The highest BCUT2D eigenvalue weighted by Gasteiger charge is 2.16. The van der Waals surface area contributed by atoms with E-state index in [1.165, 1.54) is 11.3 Å². The standard InChI is InChI=1S/C11H16N2OS/c1-8(2)10-7-13(11(12)15-10)6-9-4-3-5-14-9/h7,9,12H,1,3-6H2,2H3. The lowest BCUT2D eigenvalue weighted by Crippen LogP contribution is -2.21. The maximum Gasteiger partial charge on any atom is 0.182 e. The first kappa shape index (κ1) is 10.6. The van der Waals surface area contributed by atoms with E-state index in [2.05, 4.69) is 6.58 Å². The number of hydrogen-bond acceptors (Lipinski definition) is 3. The highest BCUT2D eigenvalue weighted by Crippen LogP contribution is 2.17. The molecule has 4 heteroatoms. The monoisotopic (exact) mass is 224 g/mol. The van der Waals surface area contributed by atoms with Gasteiger partial charge in [-0.2, -0.15) is 0 Å². The molecule has 1 aromatic heterocycles. The smallest absolute Gasteiger partial charge is 0.182 e. The van der Waals surface area contributed by atoms with Crippen molar-refractivity contribution in [2.75, 3.05) is 6.61 Å². The molecule has 0 aromatic carbocycles. The molecule has 0 bridgehead atoms. The topological polar surface area (TPSA) is 38.0 Å². The van der Waals surface area contributed by atoms with Crippen molar-refractivity contribution in [3.8, 4) is 0 Å². The highest BCUT2D eigenvalue weighted by atomic mass is 32.1. The Morgan fingerprint density at radius 2 is 2.60 bits per heavy atom. The second kappa shape index (κ2) is 4.33. The molecule has 1 aliphatic rings. The first-order valence-corrected chi connectivity index (χ1v) is 6.01. The Kier molecular flexibility index (Phi) is 3.07. The molecule has 3 nitrogen and oxygen atoms in total. The molecule has 2 heterocycles. The summed E-state index contributed by atoms with van der Waals surface area (Å²) >= 11 is 1.48. The number of aromatic nitrogens is 1. The quantitative estimate of drug-likeness (QED) is 0.840. The van der Waals surface area contributed by atoms with E-state index in [-0.39, 0.29) is 0 Å². The van der Waals surface area contributed by atoms with Crippen LogP contribution < -0.4 is 4.80 Å². The molecule has 0 saturated carbocycles. The van der Waals surface area contributed by atoms with E-state index in [0.717, 1.165) is 36.4 Å². The maximum atomic E-state index is 7.83. The molecule has 1 aromatic rings. The first-order chi connectivity index (χ1) is 7.16. The molecule has 0 aliphatic carbocycles. The largest absolute Gasteiger partial charge is 0.376 e. The number of allylic oxidation sites excluding steroid dienone is 1. The van der Waals surface area contributed by atoms with Crippen molar-refractivity contribution >= 4 is 16.9 Å². The molecule has 1 aliphatic heterocycles. The summed E-state index contributed by atoms with van der Waals surface area (Å²) in [5.41, 5.74) is 1.03. The van der Waals surface area contributed by atoms with Crippen molar-refractivity contribution in [2.45, 2.75) is 32.4 Å². The number of thiazole rings is 1. The van der Waals surface area contributed by atoms with E-state index in [9.17, 15) is 0 Å². The number of rotatable bonds is 3. The van der Waals surface area contributed by atoms with Gasteiger partial charge in [-0.05, 0) is 25.3 Å². The first-order valence-electron chi connectivity index (χ1n) is 5.19. The number of hydrogen-bond donors (Lipinski definition) is 1. The molecule has 0 amide bonds. The van der Waals surface area contributed by atoms with Crippen LogP contribution in [-0.2, 0) is 11.3 Å². The average molecular weight is 224 g/mol. The van der Waals surface area contributed by atoms with Crippen molar-refractivity contribution in [2.24, 2.45) is 0 Å². The van der Waals surface area contributed by atoms with Gasteiger partial charge < -0.3 is 9.30 Å². The zero-order valence-electron chi connectivity index (χ0n) is 8.95. The van der Waals surface area contributed by atoms with Crippen LogP contribution in [0.2, 0.25) is 0 Å². The summed E-state index contributed by atoms with van der Waals surface area (Å²) in [6.45, 7) is 7.55. The van der Waals surface area contributed by atoms with Gasteiger partial charge in [0.2, 0.25) is 0 Å². The van der Waals surface area contributed by atoms with Gasteiger partial charge in [0.25, 0.3) is 0 Å². The van der Waals surface area contributed by atoms with Gasteiger partial charge in [0.15, 0.2) is 4.80 Å². The van der Waals surface area contributed by atoms with Gasteiger partial charge in [-0.15, -0.1) is 0 Å². The zero-order valence-corrected chi connectivity index (χ0v) is 9.77. The Morgan fingerprint density at radius 3 is 3.13 bits per heavy atom. The second-order valence-corrected chi connectivity index (χ2v) is 5.00. The molecule has 1 atom stereocenters. The minimum absolute atomic E-state index is 0.298. The van der Waals surface area contributed by atoms with Gasteiger partial charge in [0.1, 0.15) is 0 Å². The summed E-state index contributed by atoms with van der Waals surface area (Å²) in [6, 6.07) is 0. The SMILES string of the molecule is C=C(C)c1cn(CC2CCCO2)c(=N)s1. The minimum atomic E-state index is 0.298. The lowest BCUT2D eigenvalue weighted by molar-refractivity contribution is 0.0963. The summed E-state index contributed by atoms with van der Waals surface area (Å²) in [5, 5.41) is 7.83. The number of nitrogens with one attached hydrogen (secondary N) is 1. The Bertz CT molecular complexity index is 412. The van der Waals surface area contributed by atoms with Gasteiger partial charge >= 0.3 is 0 Å². The third-order valence-corrected chi connectivity index (χ3v) is 3.69. The Morgan fingerprint density at radius 1 is 1.80 bits per heavy atom. The van der Waals surface area contributed by atoms with Gasteiger partial charge in [-0.1, -0.05) is 17.9 Å². The van der Waals surface area contributed by atoms with Crippen LogP contribution in [0.3, 0.4) is 0 Å². The number of nitrogens with zero attached hydrogens (tertiary/aromatic N) is 1. The van der Waals surface area contributed by atoms with Gasteiger partial charge in [-0.3, -0.25) is 5.41 Å². The van der Waals surface area contributed by atoms with E-state index < -0.39 is 0 Å². The minimum Gasteiger partial charge on any atom is -0.376 e. The van der Waals surface area contributed by atoms with Gasteiger partial charge in [0, 0.05) is 17.7 Å². The van der Waals surface area contributed by atoms with Crippen molar-refractivity contribution in [1.82, 2.24) is 4.57 Å². The van der Waals surface area contributed by atoms with Crippen LogP contribution in [0.4, 0.5) is 0 Å². The molecule has 0 radical (unpaired) electrons. The van der Waals surface area contributed by atoms with Crippen LogP contribution in [0.25, 0.3) is 5.57 Å². The second-order valence-electron chi connectivity index (χ2n) is 3.97. The van der Waals surface area contributed by atoms with Crippen LogP contribution in [0, 0.1) is 5.41 Å². The summed E-state index contributed by atoms with van der Waals surface area (Å²) < 4.78 is 7.52. The highest BCUT2D eigenvalue weighted by molar-refractivity contribution is 7.10. The molecule has 1 unspecified atom stereocenters. The zero-order chi connectivity index (χ0) is 10.8. The third kappa shape index (κ3) is 2.38. The average Bonchev–Trinajstić information content (AvgIpc) is 2.77. The summed E-state index contributed by atoms with van der Waals surface area (Å²) in [4.78, 5) is 1.68. The predicted molar refractivity (Wildman–Crippen MR) is 61.8 cm³/mol.